The molecule has 1 saturated heterocycles. The van der Waals surface area contributed by atoms with Crippen LogP contribution in [-0.4, -0.2) is 41.7 Å². The molecule has 1 aromatic heterocycles. The summed E-state index contributed by atoms with van der Waals surface area (Å²) in [6, 6.07) is 6.78. The van der Waals surface area contributed by atoms with Gasteiger partial charge < -0.3 is 14.2 Å². The Kier molecular flexibility index (Phi) is 4.08. The van der Waals surface area contributed by atoms with Crippen molar-refractivity contribution < 1.29 is 18.3 Å². The van der Waals surface area contributed by atoms with Gasteiger partial charge in [-0.3, -0.25) is 4.79 Å². The minimum Gasteiger partial charge on any atom is -0.378 e. The highest BCUT2D eigenvalue weighted by molar-refractivity contribution is 5.96. The van der Waals surface area contributed by atoms with E-state index in [1.54, 1.807) is 4.90 Å². The molecule has 5 nitrogen and oxygen atoms in total. The lowest BCUT2D eigenvalue weighted by atomic mass is 10.2. The van der Waals surface area contributed by atoms with Crippen molar-refractivity contribution >= 4 is 5.91 Å². The van der Waals surface area contributed by atoms with Gasteiger partial charge in [0.15, 0.2) is 11.6 Å². The molecular formula is C16H13F2N3O2. The molecule has 2 aromatic rings. The summed E-state index contributed by atoms with van der Waals surface area (Å²) in [7, 11) is 0. The Bertz CT molecular complexity index is 789. The minimum absolute atomic E-state index is 0.139. The summed E-state index contributed by atoms with van der Waals surface area (Å²) in [5.74, 6) is -2.32. The van der Waals surface area contributed by atoms with Crippen LogP contribution in [0.15, 0.2) is 30.5 Å². The van der Waals surface area contributed by atoms with Crippen molar-refractivity contribution in [2.75, 3.05) is 26.3 Å². The molecule has 118 valence electrons. The highest BCUT2D eigenvalue weighted by Crippen LogP contribution is 2.21. The van der Waals surface area contributed by atoms with Crippen molar-refractivity contribution in [3.8, 4) is 11.8 Å². The SMILES string of the molecule is N#Cc1ccn(-c2ccc(F)c(F)c2)c1C(=O)N1CCOCC1. The number of carbonyl (C=O) groups is 1. The molecule has 1 amide bonds. The van der Waals surface area contributed by atoms with E-state index in [9.17, 15) is 18.8 Å². The van der Waals surface area contributed by atoms with Gasteiger partial charge in [0.05, 0.1) is 18.8 Å². The van der Waals surface area contributed by atoms with E-state index < -0.39 is 11.6 Å². The molecule has 1 fully saturated rings. The Morgan fingerprint density at radius 1 is 1.17 bits per heavy atom. The van der Waals surface area contributed by atoms with Gasteiger partial charge >= 0.3 is 0 Å². The number of halogens is 2. The van der Waals surface area contributed by atoms with E-state index >= 15 is 0 Å². The number of hydrogen-bond acceptors (Lipinski definition) is 3. The third kappa shape index (κ3) is 2.81. The van der Waals surface area contributed by atoms with Crippen LogP contribution in [-0.2, 0) is 4.74 Å². The second kappa shape index (κ2) is 6.18. The van der Waals surface area contributed by atoms with Crippen LogP contribution in [0.2, 0.25) is 0 Å². The van der Waals surface area contributed by atoms with Crippen molar-refractivity contribution in [3.63, 3.8) is 0 Å². The quantitative estimate of drug-likeness (QED) is 0.852. The standard InChI is InChI=1S/C16H13F2N3O2/c17-13-2-1-12(9-14(13)18)21-4-3-11(10-19)15(21)16(22)20-5-7-23-8-6-20/h1-4,9H,5-8H2. The molecule has 0 atom stereocenters. The van der Waals surface area contributed by atoms with Crippen molar-refractivity contribution in [1.82, 2.24) is 9.47 Å². The molecule has 0 radical (unpaired) electrons. The first-order valence-electron chi connectivity index (χ1n) is 7.05. The van der Waals surface area contributed by atoms with E-state index in [1.807, 2.05) is 6.07 Å². The number of benzene rings is 1. The number of hydrogen-bond donors (Lipinski definition) is 0. The smallest absolute Gasteiger partial charge is 0.272 e. The van der Waals surface area contributed by atoms with Crippen molar-refractivity contribution in [3.05, 3.63) is 53.4 Å². The van der Waals surface area contributed by atoms with Gasteiger partial charge in [-0.05, 0) is 18.2 Å². The molecule has 0 saturated carbocycles. The zero-order chi connectivity index (χ0) is 16.4. The first kappa shape index (κ1) is 15.2. The molecule has 2 heterocycles. The summed E-state index contributed by atoms with van der Waals surface area (Å²) in [6.45, 7) is 1.71. The Morgan fingerprint density at radius 2 is 1.91 bits per heavy atom. The van der Waals surface area contributed by atoms with Gasteiger partial charge in [-0.15, -0.1) is 0 Å². The van der Waals surface area contributed by atoms with Crippen LogP contribution in [0.3, 0.4) is 0 Å². The van der Waals surface area contributed by atoms with Gasteiger partial charge in [0, 0.05) is 31.0 Å². The molecule has 23 heavy (non-hydrogen) atoms. The van der Waals surface area contributed by atoms with Crippen molar-refractivity contribution in [2.24, 2.45) is 0 Å². The summed E-state index contributed by atoms with van der Waals surface area (Å²) in [5, 5.41) is 9.23. The van der Waals surface area contributed by atoms with E-state index in [4.69, 9.17) is 4.74 Å². The van der Waals surface area contributed by atoms with Crippen LogP contribution < -0.4 is 0 Å². The summed E-state index contributed by atoms with van der Waals surface area (Å²) in [4.78, 5) is 14.3. The minimum atomic E-state index is -1.01. The van der Waals surface area contributed by atoms with Crippen LogP contribution in [0.4, 0.5) is 8.78 Å². The largest absolute Gasteiger partial charge is 0.378 e. The van der Waals surface area contributed by atoms with Crippen LogP contribution in [0.5, 0.6) is 0 Å². The predicted octanol–water partition coefficient (Wildman–Crippen LogP) is 2.10. The van der Waals surface area contributed by atoms with Gasteiger partial charge in [-0.1, -0.05) is 0 Å². The lowest BCUT2D eigenvalue weighted by molar-refractivity contribution is 0.0297. The van der Waals surface area contributed by atoms with E-state index in [0.717, 1.165) is 12.1 Å². The molecule has 1 aliphatic heterocycles. The first-order valence-corrected chi connectivity index (χ1v) is 7.05. The Balaban J connectivity index is 2.05. The summed E-state index contributed by atoms with van der Waals surface area (Å²) in [5.41, 5.74) is 0.605. The molecule has 1 aliphatic rings. The van der Waals surface area contributed by atoms with E-state index in [-0.39, 0.29) is 22.9 Å². The number of aromatic nitrogens is 1. The zero-order valence-corrected chi connectivity index (χ0v) is 12.1. The normalized spacial score (nSPS) is 14.6. The lowest BCUT2D eigenvalue weighted by Gasteiger charge is -2.27. The fourth-order valence-corrected chi connectivity index (χ4v) is 2.51. The average Bonchev–Trinajstić information content (AvgIpc) is 3.01. The molecule has 1 aromatic carbocycles. The third-order valence-electron chi connectivity index (χ3n) is 3.69. The molecule has 0 N–H and O–H groups in total. The van der Waals surface area contributed by atoms with Crippen LogP contribution >= 0.6 is 0 Å². The second-order valence-electron chi connectivity index (χ2n) is 5.06. The molecule has 7 heteroatoms. The highest BCUT2D eigenvalue weighted by atomic mass is 19.2. The van der Waals surface area contributed by atoms with Crippen LogP contribution in [0.1, 0.15) is 16.1 Å². The maximum Gasteiger partial charge on any atom is 0.272 e. The number of rotatable bonds is 2. The second-order valence-corrected chi connectivity index (χ2v) is 5.06. The Hall–Kier alpha value is -2.72. The fraction of sp³-hybridized carbons (Fsp3) is 0.250. The van der Waals surface area contributed by atoms with Crippen LogP contribution in [0, 0.1) is 23.0 Å². The maximum atomic E-state index is 13.5. The number of nitrogens with zero attached hydrogens (tertiary/aromatic N) is 3. The van der Waals surface area contributed by atoms with Crippen molar-refractivity contribution in [1.29, 1.82) is 5.26 Å². The molecule has 0 aliphatic carbocycles. The van der Waals surface area contributed by atoms with Gasteiger partial charge in [0.1, 0.15) is 11.8 Å². The zero-order valence-electron chi connectivity index (χ0n) is 12.1. The third-order valence-corrected chi connectivity index (χ3v) is 3.69. The molecule has 0 spiro atoms. The van der Waals surface area contributed by atoms with Crippen LogP contribution in [0.25, 0.3) is 5.69 Å². The number of ether oxygens (including phenoxy) is 1. The van der Waals surface area contributed by atoms with E-state index in [2.05, 4.69) is 0 Å². The topological polar surface area (TPSA) is 58.3 Å². The predicted molar refractivity (Wildman–Crippen MR) is 77.1 cm³/mol. The molecule has 3 rings (SSSR count). The highest BCUT2D eigenvalue weighted by Gasteiger charge is 2.25. The van der Waals surface area contributed by atoms with E-state index in [1.165, 1.54) is 22.9 Å². The van der Waals surface area contributed by atoms with Gasteiger partial charge in [0.2, 0.25) is 0 Å². The fourth-order valence-electron chi connectivity index (χ4n) is 2.51. The first-order chi connectivity index (χ1) is 11.1. The maximum absolute atomic E-state index is 13.5. The molecule has 0 unspecified atom stereocenters. The Labute approximate surface area is 131 Å². The van der Waals surface area contributed by atoms with Gasteiger partial charge in [0.25, 0.3) is 5.91 Å². The summed E-state index contributed by atoms with van der Waals surface area (Å²) < 4.78 is 33.2. The van der Waals surface area contributed by atoms with E-state index in [0.29, 0.717) is 26.3 Å². The summed E-state index contributed by atoms with van der Waals surface area (Å²) >= 11 is 0. The van der Waals surface area contributed by atoms with Crippen molar-refractivity contribution in [2.45, 2.75) is 0 Å². The number of nitriles is 1. The Morgan fingerprint density at radius 3 is 2.57 bits per heavy atom. The van der Waals surface area contributed by atoms with Gasteiger partial charge in [-0.2, -0.15) is 5.26 Å². The molecule has 0 bridgehead atoms. The summed E-state index contributed by atoms with van der Waals surface area (Å²) in [6.07, 6.45) is 1.50. The molecular weight excluding hydrogens is 304 g/mol. The monoisotopic (exact) mass is 317 g/mol. The lowest BCUT2D eigenvalue weighted by Crippen LogP contribution is -2.41. The number of morpholine rings is 1. The number of amides is 1. The average molecular weight is 317 g/mol. The van der Waals surface area contributed by atoms with Gasteiger partial charge in [-0.25, -0.2) is 8.78 Å². The number of carbonyl (C=O) groups excluding carboxylic acids is 1.